The normalized spacial score (nSPS) is 15.0. The molecule has 0 saturated carbocycles. The summed E-state index contributed by atoms with van der Waals surface area (Å²) in [5.74, 6) is -0.0820. The van der Waals surface area contributed by atoms with E-state index in [1.807, 2.05) is 25.1 Å². The average Bonchev–Trinajstić information content (AvgIpc) is 3.16. The van der Waals surface area contributed by atoms with Crippen LogP contribution in [0.1, 0.15) is 28.8 Å². The lowest BCUT2D eigenvalue weighted by molar-refractivity contribution is 0.102. The van der Waals surface area contributed by atoms with Gasteiger partial charge in [0, 0.05) is 18.8 Å². The highest BCUT2D eigenvalue weighted by Crippen LogP contribution is 2.27. The number of aryl methyl sites for hydroxylation is 1. The highest BCUT2D eigenvalue weighted by molar-refractivity contribution is 7.89. The Morgan fingerprint density at radius 1 is 1.12 bits per heavy atom. The van der Waals surface area contributed by atoms with Crippen molar-refractivity contribution in [3.05, 3.63) is 53.6 Å². The third-order valence-electron chi connectivity index (χ3n) is 4.39. The molecule has 0 radical (unpaired) electrons. The molecule has 26 heavy (non-hydrogen) atoms. The van der Waals surface area contributed by atoms with Crippen LogP contribution in [-0.2, 0) is 10.0 Å². The van der Waals surface area contributed by atoms with Crippen LogP contribution in [0.25, 0.3) is 0 Å². The SMILES string of the molecule is COc1ccc(S(=O)(=O)N2CCCC2)cc1C(=O)Nc1cccc(C)c1. The average molecular weight is 374 g/mol. The van der Waals surface area contributed by atoms with Gasteiger partial charge in [-0.25, -0.2) is 8.42 Å². The molecule has 138 valence electrons. The zero-order valence-corrected chi connectivity index (χ0v) is 15.7. The van der Waals surface area contributed by atoms with Gasteiger partial charge in [0.1, 0.15) is 5.75 Å². The number of nitrogens with one attached hydrogen (secondary N) is 1. The van der Waals surface area contributed by atoms with E-state index in [4.69, 9.17) is 4.74 Å². The van der Waals surface area contributed by atoms with Crippen LogP contribution in [0.3, 0.4) is 0 Å². The third-order valence-corrected chi connectivity index (χ3v) is 6.29. The number of rotatable bonds is 5. The summed E-state index contributed by atoms with van der Waals surface area (Å²) < 4.78 is 32.2. The minimum absolute atomic E-state index is 0.106. The van der Waals surface area contributed by atoms with Crippen molar-refractivity contribution in [3.8, 4) is 5.75 Å². The molecule has 2 aromatic carbocycles. The number of benzene rings is 2. The molecule has 0 atom stereocenters. The van der Waals surface area contributed by atoms with Crippen LogP contribution in [0.15, 0.2) is 47.4 Å². The van der Waals surface area contributed by atoms with E-state index >= 15 is 0 Å². The van der Waals surface area contributed by atoms with E-state index in [2.05, 4.69) is 5.32 Å². The van der Waals surface area contributed by atoms with Crippen molar-refractivity contribution in [3.63, 3.8) is 0 Å². The highest BCUT2D eigenvalue weighted by atomic mass is 32.2. The Morgan fingerprint density at radius 3 is 2.50 bits per heavy atom. The molecule has 1 aliphatic heterocycles. The Kier molecular flexibility index (Phi) is 5.29. The van der Waals surface area contributed by atoms with Gasteiger partial charge in [-0.3, -0.25) is 4.79 Å². The predicted molar refractivity (Wildman–Crippen MR) is 100 cm³/mol. The van der Waals surface area contributed by atoms with E-state index in [1.54, 1.807) is 6.07 Å². The number of carbonyl (C=O) groups is 1. The van der Waals surface area contributed by atoms with Gasteiger partial charge in [-0.2, -0.15) is 4.31 Å². The Morgan fingerprint density at radius 2 is 1.85 bits per heavy atom. The summed E-state index contributed by atoms with van der Waals surface area (Å²) in [5.41, 5.74) is 1.85. The molecule has 1 fully saturated rings. The number of methoxy groups -OCH3 is 1. The second-order valence-electron chi connectivity index (χ2n) is 6.30. The topological polar surface area (TPSA) is 75.7 Å². The monoisotopic (exact) mass is 374 g/mol. The van der Waals surface area contributed by atoms with Crippen molar-refractivity contribution >= 4 is 21.6 Å². The van der Waals surface area contributed by atoms with E-state index in [-0.39, 0.29) is 10.5 Å². The van der Waals surface area contributed by atoms with Crippen molar-refractivity contribution in [2.24, 2.45) is 0 Å². The second kappa shape index (κ2) is 7.47. The standard InChI is InChI=1S/C19H22N2O4S/c1-14-6-5-7-15(12-14)20-19(22)17-13-16(8-9-18(17)25-2)26(23,24)21-10-3-4-11-21/h5-9,12-13H,3-4,10-11H2,1-2H3,(H,20,22). The van der Waals surface area contributed by atoms with Crippen LogP contribution >= 0.6 is 0 Å². The minimum atomic E-state index is -3.60. The first-order valence-corrected chi connectivity index (χ1v) is 9.92. The molecule has 1 heterocycles. The third kappa shape index (κ3) is 3.73. The first-order valence-electron chi connectivity index (χ1n) is 8.48. The molecule has 1 saturated heterocycles. The number of amides is 1. The summed E-state index contributed by atoms with van der Waals surface area (Å²) >= 11 is 0. The van der Waals surface area contributed by atoms with Crippen LogP contribution in [0.5, 0.6) is 5.75 Å². The Balaban J connectivity index is 1.93. The lowest BCUT2D eigenvalue weighted by Crippen LogP contribution is -2.28. The zero-order chi connectivity index (χ0) is 18.7. The molecule has 1 aliphatic rings. The van der Waals surface area contributed by atoms with E-state index in [0.717, 1.165) is 18.4 Å². The molecular weight excluding hydrogens is 352 g/mol. The smallest absolute Gasteiger partial charge is 0.259 e. The maximum atomic E-state index is 12.8. The Hall–Kier alpha value is -2.38. The molecule has 0 aromatic heterocycles. The van der Waals surface area contributed by atoms with E-state index in [9.17, 15) is 13.2 Å². The van der Waals surface area contributed by atoms with Gasteiger partial charge in [0.25, 0.3) is 5.91 Å². The van der Waals surface area contributed by atoms with E-state index in [0.29, 0.717) is 24.5 Å². The molecule has 6 nitrogen and oxygen atoms in total. The lowest BCUT2D eigenvalue weighted by atomic mass is 10.1. The maximum absolute atomic E-state index is 12.8. The van der Waals surface area contributed by atoms with Crippen LogP contribution in [0, 0.1) is 6.92 Å². The van der Waals surface area contributed by atoms with Crippen molar-refractivity contribution in [2.45, 2.75) is 24.7 Å². The van der Waals surface area contributed by atoms with Gasteiger partial charge in [-0.15, -0.1) is 0 Å². The quantitative estimate of drug-likeness (QED) is 0.873. The number of hydrogen-bond donors (Lipinski definition) is 1. The molecule has 0 bridgehead atoms. The molecule has 0 spiro atoms. The number of hydrogen-bond acceptors (Lipinski definition) is 4. The van der Waals surface area contributed by atoms with Gasteiger partial charge in [0.2, 0.25) is 10.0 Å². The van der Waals surface area contributed by atoms with E-state index < -0.39 is 15.9 Å². The Bertz CT molecular complexity index is 919. The molecule has 0 aliphatic carbocycles. The van der Waals surface area contributed by atoms with Crippen molar-refractivity contribution in [1.29, 1.82) is 0 Å². The Labute approximate surface area is 153 Å². The van der Waals surface area contributed by atoms with Crippen molar-refractivity contribution in [1.82, 2.24) is 4.31 Å². The lowest BCUT2D eigenvalue weighted by Gasteiger charge is -2.17. The summed E-state index contributed by atoms with van der Waals surface area (Å²) in [4.78, 5) is 12.8. The number of anilines is 1. The summed E-state index contributed by atoms with van der Waals surface area (Å²) in [5, 5.41) is 2.79. The number of ether oxygens (including phenoxy) is 1. The van der Waals surface area contributed by atoms with Gasteiger partial charge in [-0.05, 0) is 55.7 Å². The van der Waals surface area contributed by atoms with Crippen LogP contribution < -0.4 is 10.1 Å². The molecular formula is C19H22N2O4S. The first kappa shape index (κ1) is 18.4. The minimum Gasteiger partial charge on any atom is -0.496 e. The molecule has 7 heteroatoms. The fourth-order valence-electron chi connectivity index (χ4n) is 3.02. The summed E-state index contributed by atoms with van der Waals surface area (Å²) in [7, 11) is -2.15. The van der Waals surface area contributed by atoms with Gasteiger partial charge in [0.05, 0.1) is 17.6 Å². The largest absolute Gasteiger partial charge is 0.496 e. The summed E-state index contributed by atoms with van der Waals surface area (Å²) in [6, 6.07) is 11.8. The number of sulfonamides is 1. The van der Waals surface area contributed by atoms with Crippen LogP contribution in [-0.4, -0.2) is 38.8 Å². The number of carbonyl (C=O) groups excluding carboxylic acids is 1. The second-order valence-corrected chi connectivity index (χ2v) is 8.23. The molecule has 3 rings (SSSR count). The zero-order valence-electron chi connectivity index (χ0n) is 14.9. The summed E-state index contributed by atoms with van der Waals surface area (Å²) in [6.45, 7) is 2.96. The van der Waals surface area contributed by atoms with Gasteiger partial charge >= 0.3 is 0 Å². The molecule has 1 N–H and O–H groups in total. The fraction of sp³-hybridized carbons (Fsp3) is 0.316. The molecule has 0 unspecified atom stereocenters. The predicted octanol–water partition coefficient (Wildman–Crippen LogP) is 3.04. The van der Waals surface area contributed by atoms with Crippen LogP contribution in [0.4, 0.5) is 5.69 Å². The highest BCUT2D eigenvalue weighted by Gasteiger charge is 2.28. The van der Waals surface area contributed by atoms with Crippen molar-refractivity contribution < 1.29 is 17.9 Å². The van der Waals surface area contributed by atoms with Crippen LogP contribution in [0.2, 0.25) is 0 Å². The maximum Gasteiger partial charge on any atom is 0.259 e. The number of nitrogens with zero attached hydrogens (tertiary/aromatic N) is 1. The summed E-state index contributed by atoms with van der Waals surface area (Å²) in [6.07, 6.45) is 1.71. The van der Waals surface area contributed by atoms with Crippen molar-refractivity contribution in [2.75, 3.05) is 25.5 Å². The van der Waals surface area contributed by atoms with Gasteiger partial charge < -0.3 is 10.1 Å². The van der Waals surface area contributed by atoms with Gasteiger partial charge in [-0.1, -0.05) is 12.1 Å². The molecule has 1 amide bonds. The molecule has 2 aromatic rings. The first-order chi connectivity index (χ1) is 12.4. The van der Waals surface area contributed by atoms with Gasteiger partial charge in [0.15, 0.2) is 0 Å². The van der Waals surface area contributed by atoms with E-state index in [1.165, 1.54) is 29.6 Å². The fourth-order valence-corrected chi connectivity index (χ4v) is 4.57.